The van der Waals surface area contributed by atoms with Crippen molar-refractivity contribution in [3.05, 3.63) is 35.9 Å². The van der Waals surface area contributed by atoms with Crippen molar-refractivity contribution >= 4 is 5.91 Å². The quantitative estimate of drug-likeness (QED) is 0.855. The number of aliphatic hydroxyl groups excluding tert-OH is 1. The van der Waals surface area contributed by atoms with Gasteiger partial charge in [0.05, 0.1) is 0 Å². The fourth-order valence-corrected chi connectivity index (χ4v) is 2.42. The van der Waals surface area contributed by atoms with Crippen molar-refractivity contribution in [2.75, 3.05) is 13.2 Å². The van der Waals surface area contributed by atoms with Crippen LogP contribution >= 0.6 is 0 Å². The van der Waals surface area contributed by atoms with Gasteiger partial charge in [0.15, 0.2) is 0 Å². The summed E-state index contributed by atoms with van der Waals surface area (Å²) < 4.78 is 0. The monoisotopic (exact) mass is 233 g/mol. The Morgan fingerprint density at radius 2 is 2.12 bits per heavy atom. The van der Waals surface area contributed by atoms with Gasteiger partial charge < -0.3 is 10.0 Å². The number of amides is 1. The number of carbonyl (C=O) groups excluding carboxylic acids is 1. The molecule has 1 heterocycles. The average Bonchev–Trinajstić information content (AvgIpc) is 2.72. The van der Waals surface area contributed by atoms with E-state index in [1.807, 2.05) is 23.1 Å². The first-order valence-electron chi connectivity index (χ1n) is 6.15. The summed E-state index contributed by atoms with van der Waals surface area (Å²) in [4.78, 5) is 13.7. The minimum Gasteiger partial charge on any atom is -0.396 e. The second kappa shape index (κ2) is 5.32. The molecule has 1 amide bonds. The fourth-order valence-electron chi connectivity index (χ4n) is 2.42. The zero-order valence-electron chi connectivity index (χ0n) is 10.2. The number of rotatable bonds is 4. The molecule has 1 aliphatic rings. The molecule has 0 aromatic heterocycles. The average molecular weight is 233 g/mol. The van der Waals surface area contributed by atoms with Gasteiger partial charge in [0.2, 0.25) is 5.91 Å². The molecule has 2 rings (SSSR count). The van der Waals surface area contributed by atoms with Crippen molar-refractivity contribution in [3.63, 3.8) is 0 Å². The lowest BCUT2D eigenvalue weighted by Crippen LogP contribution is -2.36. The summed E-state index contributed by atoms with van der Waals surface area (Å²) in [6, 6.07) is 10.4. The highest BCUT2D eigenvalue weighted by molar-refractivity contribution is 5.79. The highest BCUT2D eigenvalue weighted by atomic mass is 16.3. The van der Waals surface area contributed by atoms with Gasteiger partial charge in [0.25, 0.3) is 0 Å². The number of nitrogens with zero attached hydrogens (tertiary/aromatic N) is 1. The smallest absolute Gasteiger partial charge is 0.223 e. The second-order valence-corrected chi connectivity index (χ2v) is 4.84. The van der Waals surface area contributed by atoms with Crippen LogP contribution in [0.3, 0.4) is 0 Å². The van der Waals surface area contributed by atoms with Crippen molar-refractivity contribution in [2.24, 2.45) is 5.92 Å². The topological polar surface area (TPSA) is 40.5 Å². The molecule has 17 heavy (non-hydrogen) atoms. The van der Waals surface area contributed by atoms with Gasteiger partial charge in [-0.15, -0.1) is 0 Å². The van der Waals surface area contributed by atoms with Gasteiger partial charge >= 0.3 is 0 Å². The molecular formula is C14H19NO2. The van der Waals surface area contributed by atoms with E-state index in [0.29, 0.717) is 13.0 Å². The Morgan fingerprint density at radius 1 is 1.41 bits per heavy atom. The first kappa shape index (κ1) is 12.1. The molecule has 1 aliphatic heterocycles. The van der Waals surface area contributed by atoms with Gasteiger partial charge in [0.1, 0.15) is 0 Å². The zero-order valence-corrected chi connectivity index (χ0v) is 10.2. The summed E-state index contributed by atoms with van der Waals surface area (Å²) in [5, 5.41) is 9.09. The number of carbonyl (C=O) groups is 1. The Balaban J connectivity index is 1.97. The standard InChI is InChI=1S/C14H19NO2/c1-11(7-12-5-3-2-4-6-12)15-9-13(10-16)8-14(15)17/h2-6,11,13,16H,7-10H2,1H3. The molecule has 3 nitrogen and oxygen atoms in total. The Morgan fingerprint density at radius 3 is 2.71 bits per heavy atom. The molecule has 0 bridgehead atoms. The Hall–Kier alpha value is -1.35. The fraction of sp³-hybridized carbons (Fsp3) is 0.500. The Labute approximate surface area is 102 Å². The van der Waals surface area contributed by atoms with Crippen LogP contribution in [0.15, 0.2) is 30.3 Å². The van der Waals surface area contributed by atoms with Crippen LogP contribution in [-0.2, 0) is 11.2 Å². The summed E-state index contributed by atoms with van der Waals surface area (Å²) in [5.74, 6) is 0.299. The lowest BCUT2D eigenvalue weighted by molar-refractivity contribution is -0.129. The normalized spacial score (nSPS) is 21.9. The van der Waals surface area contributed by atoms with Crippen molar-refractivity contribution in [1.29, 1.82) is 0 Å². The molecular weight excluding hydrogens is 214 g/mol. The summed E-state index contributed by atoms with van der Waals surface area (Å²) >= 11 is 0. The Bertz CT molecular complexity index is 377. The zero-order chi connectivity index (χ0) is 12.3. The van der Waals surface area contributed by atoms with E-state index in [4.69, 9.17) is 5.11 Å². The molecule has 0 aliphatic carbocycles. The van der Waals surface area contributed by atoms with Crippen LogP contribution < -0.4 is 0 Å². The highest BCUT2D eigenvalue weighted by Gasteiger charge is 2.31. The summed E-state index contributed by atoms with van der Waals surface area (Å²) in [7, 11) is 0. The van der Waals surface area contributed by atoms with Crippen molar-refractivity contribution < 1.29 is 9.90 Å². The molecule has 2 unspecified atom stereocenters. The van der Waals surface area contributed by atoms with E-state index < -0.39 is 0 Å². The maximum Gasteiger partial charge on any atom is 0.223 e. The van der Waals surface area contributed by atoms with E-state index in [1.54, 1.807) is 0 Å². The summed E-state index contributed by atoms with van der Waals surface area (Å²) in [6.07, 6.45) is 1.38. The largest absolute Gasteiger partial charge is 0.396 e. The van der Waals surface area contributed by atoms with Crippen LogP contribution in [-0.4, -0.2) is 35.1 Å². The molecule has 1 fully saturated rings. The van der Waals surface area contributed by atoms with Crippen molar-refractivity contribution in [2.45, 2.75) is 25.8 Å². The predicted molar refractivity (Wildman–Crippen MR) is 66.5 cm³/mol. The van der Waals surface area contributed by atoms with E-state index in [1.165, 1.54) is 5.56 Å². The van der Waals surface area contributed by atoms with Gasteiger partial charge in [0, 0.05) is 31.5 Å². The van der Waals surface area contributed by atoms with Gasteiger partial charge in [-0.25, -0.2) is 0 Å². The second-order valence-electron chi connectivity index (χ2n) is 4.84. The number of likely N-dealkylation sites (tertiary alicyclic amines) is 1. The van der Waals surface area contributed by atoms with E-state index in [-0.39, 0.29) is 24.5 Å². The molecule has 0 spiro atoms. The third-order valence-electron chi connectivity index (χ3n) is 3.40. The molecule has 3 heteroatoms. The van der Waals surface area contributed by atoms with Crippen molar-refractivity contribution in [1.82, 2.24) is 4.90 Å². The van der Waals surface area contributed by atoms with Gasteiger partial charge in [-0.2, -0.15) is 0 Å². The van der Waals surface area contributed by atoms with E-state index in [9.17, 15) is 4.79 Å². The molecule has 1 aromatic rings. The number of benzene rings is 1. The van der Waals surface area contributed by atoms with Gasteiger partial charge in [-0.05, 0) is 18.9 Å². The SMILES string of the molecule is CC(Cc1ccccc1)N1CC(CO)CC1=O. The lowest BCUT2D eigenvalue weighted by atomic mass is 10.1. The van der Waals surface area contributed by atoms with Crippen LogP contribution in [0.2, 0.25) is 0 Å². The predicted octanol–water partition coefficient (Wildman–Crippen LogP) is 1.46. The minimum absolute atomic E-state index is 0.111. The van der Waals surface area contributed by atoms with E-state index in [2.05, 4.69) is 19.1 Å². The highest BCUT2D eigenvalue weighted by Crippen LogP contribution is 2.21. The number of aliphatic hydroxyl groups is 1. The molecule has 1 saturated heterocycles. The van der Waals surface area contributed by atoms with Crippen molar-refractivity contribution in [3.8, 4) is 0 Å². The third kappa shape index (κ3) is 2.86. The van der Waals surface area contributed by atoms with Crippen LogP contribution in [0.5, 0.6) is 0 Å². The first-order valence-corrected chi connectivity index (χ1v) is 6.15. The lowest BCUT2D eigenvalue weighted by Gasteiger charge is -2.24. The molecule has 1 aromatic carbocycles. The van der Waals surface area contributed by atoms with E-state index in [0.717, 1.165) is 6.42 Å². The molecule has 0 radical (unpaired) electrons. The number of hydrogen-bond donors (Lipinski definition) is 1. The van der Waals surface area contributed by atoms with Gasteiger partial charge in [-0.3, -0.25) is 4.79 Å². The van der Waals surface area contributed by atoms with Crippen LogP contribution in [0.4, 0.5) is 0 Å². The molecule has 92 valence electrons. The molecule has 2 atom stereocenters. The van der Waals surface area contributed by atoms with Crippen LogP contribution in [0, 0.1) is 5.92 Å². The van der Waals surface area contributed by atoms with Gasteiger partial charge in [-0.1, -0.05) is 30.3 Å². The number of hydrogen-bond acceptors (Lipinski definition) is 2. The maximum absolute atomic E-state index is 11.8. The van der Waals surface area contributed by atoms with E-state index >= 15 is 0 Å². The van der Waals surface area contributed by atoms with Crippen LogP contribution in [0.25, 0.3) is 0 Å². The molecule has 0 saturated carbocycles. The minimum atomic E-state index is 0.111. The Kier molecular flexibility index (Phi) is 3.79. The summed E-state index contributed by atoms with van der Waals surface area (Å²) in [5.41, 5.74) is 1.25. The third-order valence-corrected chi connectivity index (χ3v) is 3.40. The summed E-state index contributed by atoms with van der Waals surface area (Å²) in [6.45, 7) is 2.88. The molecule has 1 N–H and O–H groups in total. The maximum atomic E-state index is 11.8. The van der Waals surface area contributed by atoms with Crippen LogP contribution in [0.1, 0.15) is 18.9 Å². The first-order chi connectivity index (χ1) is 8.20.